The summed E-state index contributed by atoms with van der Waals surface area (Å²) in [6, 6.07) is 5.46. The third kappa shape index (κ3) is 3.98. The highest BCUT2D eigenvalue weighted by Gasteiger charge is 2.09. The molecule has 0 saturated heterocycles. The number of carbonyl (C=O) groups excluding carboxylic acids is 1. The Morgan fingerprint density at radius 1 is 1.12 bits per heavy atom. The van der Waals surface area contributed by atoms with Crippen molar-refractivity contribution in [1.82, 2.24) is 0 Å². The third-order valence-electron chi connectivity index (χ3n) is 2.18. The van der Waals surface area contributed by atoms with Gasteiger partial charge in [0.1, 0.15) is 0 Å². The van der Waals surface area contributed by atoms with E-state index in [1.807, 2.05) is 32.0 Å². The first-order chi connectivity index (χ1) is 8.21. The first-order valence-electron chi connectivity index (χ1n) is 5.66. The third-order valence-corrected chi connectivity index (χ3v) is 2.18. The number of rotatable bonds is 6. The Kier molecular flexibility index (Phi) is 5.33. The summed E-state index contributed by atoms with van der Waals surface area (Å²) in [5.41, 5.74) is 0.851. The van der Waals surface area contributed by atoms with Crippen LogP contribution in [0, 0.1) is 0 Å². The number of methoxy groups -OCH3 is 1. The minimum absolute atomic E-state index is 0.239. The molecule has 0 aliphatic heterocycles. The standard InChI is InChI=1S/C13H18O4/c1-4-16-11-7-6-10(9-13(14)15-3)8-12(11)17-5-2/h6-8H,4-5,9H2,1-3H3. The fourth-order valence-electron chi connectivity index (χ4n) is 1.44. The molecule has 1 aromatic rings. The maximum absolute atomic E-state index is 11.2. The maximum atomic E-state index is 11.2. The number of carbonyl (C=O) groups is 1. The summed E-state index contributed by atoms with van der Waals surface area (Å²) in [7, 11) is 1.38. The molecule has 1 rings (SSSR count). The molecule has 0 aliphatic carbocycles. The van der Waals surface area contributed by atoms with Crippen molar-refractivity contribution in [2.24, 2.45) is 0 Å². The second-order valence-corrected chi connectivity index (χ2v) is 3.40. The lowest BCUT2D eigenvalue weighted by atomic mass is 10.1. The van der Waals surface area contributed by atoms with E-state index in [1.54, 1.807) is 0 Å². The lowest BCUT2D eigenvalue weighted by Crippen LogP contribution is -2.05. The molecular formula is C13H18O4. The van der Waals surface area contributed by atoms with Gasteiger partial charge in [0, 0.05) is 0 Å². The summed E-state index contributed by atoms with van der Waals surface area (Å²) < 4.78 is 15.5. The normalized spacial score (nSPS) is 9.82. The molecule has 1 aromatic carbocycles. The molecule has 4 nitrogen and oxygen atoms in total. The lowest BCUT2D eigenvalue weighted by Gasteiger charge is -2.12. The van der Waals surface area contributed by atoms with Crippen LogP contribution in [0.1, 0.15) is 19.4 Å². The molecule has 0 fully saturated rings. The van der Waals surface area contributed by atoms with Crippen molar-refractivity contribution in [3.05, 3.63) is 23.8 Å². The largest absolute Gasteiger partial charge is 0.490 e. The van der Waals surface area contributed by atoms with E-state index in [0.29, 0.717) is 24.7 Å². The summed E-state index contributed by atoms with van der Waals surface area (Å²) in [5, 5.41) is 0. The van der Waals surface area contributed by atoms with Gasteiger partial charge in [-0.15, -0.1) is 0 Å². The number of ether oxygens (including phenoxy) is 3. The fraction of sp³-hybridized carbons (Fsp3) is 0.462. The van der Waals surface area contributed by atoms with Crippen LogP contribution in [0.15, 0.2) is 18.2 Å². The lowest BCUT2D eigenvalue weighted by molar-refractivity contribution is -0.139. The van der Waals surface area contributed by atoms with Gasteiger partial charge < -0.3 is 14.2 Å². The molecule has 0 radical (unpaired) electrons. The number of hydrogen-bond acceptors (Lipinski definition) is 4. The van der Waals surface area contributed by atoms with Gasteiger partial charge in [-0.1, -0.05) is 6.07 Å². The molecule has 0 aromatic heterocycles. The van der Waals surface area contributed by atoms with Crippen LogP contribution in [-0.4, -0.2) is 26.3 Å². The minimum atomic E-state index is -0.267. The van der Waals surface area contributed by atoms with Crippen LogP contribution < -0.4 is 9.47 Å². The second-order valence-electron chi connectivity index (χ2n) is 3.40. The molecule has 0 amide bonds. The van der Waals surface area contributed by atoms with E-state index in [0.717, 1.165) is 5.56 Å². The smallest absolute Gasteiger partial charge is 0.309 e. The highest BCUT2D eigenvalue weighted by atomic mass is 16.5. The van der Waals surface area contributed by atoms with Gasteiger partial charge in [0.15, 0.2) is 11.5 Å². The van der Waals surface area contributed by atoms with Crippen LogP contribution >= 0.6 is 0 Å². The average Bonchev–Trinajstić information content (AvgIpc) is 2.33. The van der Waals surface area contributed by atoms with Crippen molar-refractivity contribution in [3.63, 3.8) is 0 Å². The average molecular weight is 238 g/mol. The van der Waals surface area contributed by atoms with Crippen molar-refractivity contribution in [2.75, 3.05) is 20.3 Å². The molecule has 0 saturated carbocycles. The monoisotopic (exact) mass is 238 g/mol. The van der Waals surface area contributed by atoms with E-state index in [4.69, 9.17) is 9.47 Å². The highest BCUT2D eigenvalue weighted by Crippen LogP contribution is 2.28. The molecule has 4 heteroatoms. The van der Waals surface area contributed by atoms with Crippen LogP contribution in [0.2, 0.25) is 0 Å². The van der Waals surface area contributed by atoms with Crippen LogP contribution in [0.25, 0.3) is 0 Å². The van der Waals surface area contributed by atoms with Crippen molar-refractivity contribution in [3.8, 4) is 11.5 Å². The predicted octanol–water partition coefficient (Wildman–Crippen LogP) is 2.20. The van der Waals surface area contributed by atoms with Gasteiger partial charge in [-0.3, -0.25) is 4.79 Å². The van der Waals surface area contributed by atoms with E-state index in [1.165, 1.54) is 7.11 Å². The zero-order chi connectivity index (χ0) is 12.7. The summed E-state index contributed by atoms with van der Waals surface area (Å²) in [6.45, 7) is 4.96. The molecule has 0 aliphatic rings. The summed E-state index contributed by atoms with van der Waals surface area (Å²) >= 11 is 0. The second kappa shape index (κ2) is 6.78. The summed E-state index contributed by atoms with van der Waals surface area (Å²) in [4.78, 5) is 11.2. The molecule has 17 heavy (non-hydrogen) atoms. The van der Waals surface area contributed by atoms with Gasteiger partial charge in [0.2, 0.25) is 0 Å². The SMILES string of the molecule is CCOc1ccc(CC(=O)OC)cc1OCC. The molecular weight excluding hydrogens is 220 g/mol. The molecule has 0 bridgehead atoms. The minimum Gasteiger partial charge on any atom is -0.490 e. The van der Waals surface area contributed by atoms with Gasteiger partial charge in [0.25, 0.3) is 0 Å². The van der Waals surface area contributed by atoms with E-state index < -0.39 is 0 Å². The van der Waals surface area contributed by atoms with Crippen LogP contribution in [0.4, 0.5) is 0 Å². The van der Waals surface area contributed by atoms with Gasteiger partial charge in [-0.2, -0.15) is 0 Å². The molecule has 0 spiro atoms. The van der Waals surface area contributed by atoms with E-state index in [-0.39, 0.29) is 12.4 Å². The Labute approximate surface area is 101 Å². The van der Waals surface area contributed by atoms with Crippen LogP contribution in [-0.2, 0) is 16.0 Å². The zero-order valence-corrected chi connectivity index (χ0v) is 10.5. The number of esters is 1. The maximum Gasteiger partial charge on any atom is 0.309 e. The predicted molar refractivity (Wildman–Crippen MR) is 64.5 cm³/mol. The van der Waals surface area contributed by atoms with Crippen molar-refractivity contribution in [1.29, 1.82) is 0 Å². The molecule has 0 N–H and O–H groups in total. The Morgan fingerprint density at radius 3 is 2.35 bits per heavy atom. The molecule has 0 unspecified atom stereocenters. The van der Waals surface area contributed by atoms with E-state index in [2.05, 4.69) is 4.74 Å². The topological polar surface area (TPSA) is 44.8 Å². The van der Waals surface area contributed by atoms with Crippen molar-refractivity contribution >= 4 is 5.97 Å². The summed E-state index contributed by atoms with van der Waals surface area (Å²) in [6.07, 6.45) is 0.239. The molecule has 94 valence electrons. The first kappa shape index (κ1) is 13.4. The van der Waals surface area contributed by atoms with E-state index in [9.17, 15) is 4.79 Å². The fourth-order valence-corrected chi connectivity index (χ4v) is 1.44. The number of hydrogen-bond donors (Lipinski definition) is 0. The van der Waals surface area contributed by atoms with Gasteiger partial charge >= 0.3 is 5.97 Å². The Bertz CT molecular complexity index is 374. The highest BCUT2D eigenvalue weighted by molar-refractivity contribution is 5.72. The summed E-state index contributed by atoms with van der Waals surface area (Å²) in [5.74, 6) is 1.09. The van der Waals surface area contributed by atoms with Gasteiger partial charge in [0.05, 0.1) is 26.7 Å². The van der Waals surface area contributed by atoms with E-state index >= 15 is 0 Å². The Balaban J connectivity index is 2.88. The first-order valence-corrected chi connectivity index (χ1v) is 5.66. The van der Waals surface area contributed by atoms with Crippen LogP contribution in [0.3, 0.4) is 0 Å². The molecule has 0 heterocycles. The van der Waals surface area contributed by atoms with Crippen molar-refractivity contribution < 1.29 is 19.0 Å². The van der Waals surface area contributed by atoms with Crippen molar-refractivity contribution in [2.45, 2.75) is 20.3 Å². The Hall–Kier alpha value is -1.71. The quantitative estimate of drug-likeness (QED) is 0.713. The zero-order valence-electron chi connectivity index (χ0n) is 10.5. The number of benzene rings is 1. The van der Waals surface area contributed by atoms with Crippen LogP contribution in [0.5, 0.6) is 11.5 Å². The molecule has 0 atom stereocenters. The van der Waals surface area contributed by atoms with Gasteiger partial charge in [-0.25, -0.2) is 0 Å². The van der Waals surface area contributed by atoms with Gasteiger partial charge in [-0.05, 0) is 31.5 Å². The Morgan fingerprint density at radius 2 is 1.76 bits per heavy atom.